The molecule has 1 aliphatic heterocycles. The molecule has 0 bridgehead atoms. The number of hydrogen-bond acceptors (Lipinski definition) is 2. The van der Waals surface area contributed by atoms with E-state index in [-0.39, 0.29) is 12.1 Å². The molecule has 1 saturated heterocycles. The van der Waals surface area contributed by atoms with E-state index in [0.29, 0.717) is 0 Å². The minimum absolute atomic E-state index is 0.0812. The Kier molecular flexibility index (Phi) is 6.10. The fraction of sp³-hybridized carbons (Fsp3) is 0.435. The van der Waals surface area contributed by atoms with Crippen LogP contribution in [0.3, 0.4) is 0 Å². The van der Waals surface area contributed by atoms with Crippen LogP contribution < -0.4 is 4.90 Å². The van der Waals surface area contributed by atoms with Crippen molar-refractivity contribution in [2.45, 2.75) is 44.6 Å². The molecule has 0 saturated carbocycles. The minimum Gasteiger partial charge on any atom is -0.456 e. The number of likely N-dealkylation sites (tertiary alicyclic amines) is 1. The fourth-order valence-electron chi connectivity index (χ4n) is 3.95. The van der Waals surface area contributed by atoms with Gasteiger partial charge in [0.2, 0.25) is 0 Å². The monoisotopic (exact) mass is 352 g/mol. The van der Waals surface area contributed by atoms with E-state index < -0.39 is 5.41 Å². The molecule has 0 spiro atoms. The van der Waals surface area contributed by atoms with Crippen LogP contribution in [0.1, 0.15) is 44.2 Å². The second-order valence-corrected chi connectivity index (χ2v) is 7.59. The van der Waals surface area contributed by atoms with E-state index in [2.05, 4.69) is 0 Å². The Labute approximate surface area is 157 Å². The number of benzene rings is 2. The van der Waals surface area contributed by atoms with Crippen LogP contribution in [0.2, 0.25) is 0 Å². The lowest BCUT2D eigenvalue weighted by Gasteiger charge is -2.31. The number of ether oxygens (including phenoxy) is 1. The molecule has 3 rings (SSSR count). The summed E-state index contributed by atoms with van der Waals surface area (Å²) >= 11 is 0. The summed E-state index contributed by atoms with van der Waals surface area (Å²) in [6.07, 6.45) is 3.81. The first-order valence-electron chi connectivity index (χ1n) is 9.76. The Morgan fingerprint density at radius 2 is 1.46 bits per heavy atom. The fourth-order valence-corrected chi connectivity index (χ4v) is 3.95. The highest BCUT2D eigenvalue weighted by atomic mass is 16.5. The largest absolute Gasteiger partial charge is 0.456 e. The first kappa shape index (κ1) is 18.7. The van der Waals surface area contributed by atoms with Crippen LogP contribution in [-0.2, 0) is 14.9 Å². The third-order valence-electron chi connectivity index (χ3n) is 5.56. The van der Waals surface area contributed by atoms with E-state index in [9.17, 15) is 4.79 Å². The van der Waals surface area contributed by atoms with E-state index in [4.69, 9.17) is 4.74 Å². The van der Waals surface area contributed by atoms with Gasteiger partial charge >= 0.3 is 5.97 Å². The quantitative estimate of drug-likeness (QED) is 0.810. The summed E-state index contributed by atoms with van der Waals surface area (Å²) in [6, 6.07) is 19.9. The van der Waals surface area contributed by atoms with Crippen LogP contribution in [0.4, 0.5) is 0 Å². The maximum Gasteiger partial charge on any atom is 0.321 e. The summed E-state index contributed by atoms with van der Waals surface area (Å²) in [5, 5.41) is 0. The Morgan fingerprint density at radius 1 is 0.962 bits per heavy atom. The lowest BCUT2D eigenvalue weighted by molar-refractivity contribution is -0.907. The summed E-state index contributed by atoms with van der Waals surface area (Å²) in [7, 11) is 0. The molecule has 0 amide bonds. The van der Waals surface area contributed by atoms with Crippen molar-refractivity contribution in [2.75, 3.05) is 19.6 Å². The molecule has 1 heterocycles. The zero-order valence-electron chi connectivity index (χ0n) is 15.9. The first-order chi connectivity index (χ1) is 12.6. The number of carbonyl (C=O) groups excluding carboxylic acids is 1. The summed E-state index contributed by atoms with van der Waals surface area (Å²) in [6.45, 7) is 7.27. The average Bonchev–Trinajstić information content (AvgIpc) is 2.69. The lowest BCUT2D eigenvalue weighted by Crippen LogP contribution is -3.13. The molecule has 1 atom stereocenters. The Balaban J connectivity index is 1.79. The number of rotatable bonds is 6. The molecular formula is C23H30NO2+. The predicted octanol–water partition coefficient (Wildman–Crippen LogP) is 2.99. The third-order valence-corrected chi connectivity index (χ3v) is 5.56. The summed E-state index contributed by atoms with van der Waals surface area (Å²) in [5.74, 6) is -0.168. The molecule has 2 aromatic rings. The van der Waals surface area contributed by atoms with Crippen molar-refractivity contribution in [1.82, 2.24) is 0 Å². The van der Waals surface area contributed by atoms with Gasteiger partial charge in [0.25, 0.3) is 0 Å². The standard InChI is InChI=1S/C23H29NO2/c1-19(18-24-16-10-5-11-17-24)26-22(25)23(2,20-12-6-3-7-13-20)21-14-8-4-9-15-21/h3-4,6-9,12-15,19H,5,10-11,16-18H2,1-2H3/p+1/t19-/m1/s1. The summed E-state index contributed by atoms with van der Waals surface area (Å²) < 4.78 is 5.97. The number of nitrogens with one attached hydrogen (secondary N) is 1. The Bertz CT molecular complexity index is 653. The van der Waals surface area contributed by atoms with Crippen LogP contribution in [0.25, 0.3) is 0 Å². The van der Waals surface area contributed by atoms with Crippen molar-refractivity contribution in [2.24, 2.45) is 0 Å². The zero-order chi connectivity index (χ0) is 18.4. The normalized spacial score (nSPS) is 16.8. The Hall–Kier alpha value is -2.13. The van der Waals surface area contributed by atoms with Crippen LogP contribution in [0.15, 0.2) is 60.7 Å². The molecule has 138 valence electrons. The molecule has 0 aliphatic carbocycles. The van der Waals surface area contributed by atoms with Gasteiger partial charge in [-0.05, 0) is 44.2 Å². The molecule has 0 unspecified atom stereocenters. The van der Waals surface area contributed by atoms with Crippen molar-refractivity contribution in [1.29, 1.82) is 0 Å². The predicted molar refractivity (Wildman–Crippen MR) is 104 cm³/mol. The number of piperidine rings is 1. The van der Waals surface area contributed by atoms with E-state index in [0.717, 1.165) is 17.7 Å². The first-order valence-corrected chi connectivity index (χ1v) is 9.76. The topological polar surface area (TPSA) is 30.7 Å². The van der Waals surface area contributed by atoms with Crippen LogP contribution in [0.5, 0.6) is 0 Å². The molecule has 3 heteroatoms. The maximum atomic E-state index is 13.3. The smallest absolute Gasteiger partial charge is 0.321 e. The van der Waals surface area contributed by atoms with Crippen molar-refractivity contribution >= 4 is 5.97 Å². The van der Waals surface area contributed by atoms with Crippen molar-refractivity contribution < 1.29 is 14.4 Å². The van der Waals surface area contributed by atoms with Crippen molar-refractivity contribution in [3.8, 4) is 0 Å². The minimum atomic E-state index is -0.798. The van der Waals surface area contributed by atoms with Crippen LogP contribution in [0, 0.1) is 0 Å². The molecule has 0 aromatic heterocycles. The molecule has 1 fully saturated rings. The second kappa shape index (κ2) is 8.50. The van der Waals surface area contributed by atoms with Gasteiger partial charge in [-0.3, -0.25) is 4.79 Å². The molecule has 2 aromatic carbocycles. The van der Waals surface area contributed by atoms with Gasteiger partial charge in [-0.1, -0.05) is 60.7 Å². The number of carbonyl (C=O) groups is 1. The van der Waals surface area contributed by atoms with Crippen LogP contribution >= 0.6 is 0 Å². The maximum absolute atomic E-state index is 13.3. The van der Waals surface area contributed by atoms with Crippen molar-refractivity contribution in [3.63, 3.8) is 0 Å². The molecular weight excluding hydrogens is 322 g/mol. The average molecular weight is 352 g/mol. The SMILES string of the molecule is C[C@H](C[NH+]1CCCCC1)OC(=O)C(C)(c1ccccc1)c1ccccc1. The van der Waals surface area contributed by atoms with Gasteiger partial charge in [0.1, 0.15) is 18.1 Å². The molecule has 1 aliphatic rings. The number of hydrogen-bond donors (Lipinski definition) is 1. The number of esters is 1. The summed E-state index contributed by atoms with van der Waals surface area (Å²) in [4.78, 5) is 14.8. The highest BCUT2D eigenvalue weighted by molar-refractivity contribution is 5.87. The van der Waals surface area contributed by atoms with E-state index >= 15 is 0 Å². The highest BCUT2D eigenvalue weighted by Gasteiger charge is 2.39. The second-order valence-electron chi connectivity index (χ2n) is 7.59. The van der Waals surface area contributed by atoms with Gasteiger partial charge in [-0.15, -0.1) is 0 Å². The summed E-state index contributed by atoms with van der Waals surface area (Å²) in [5.41, 5.74) is 1.14. The van der Waals surface area contributed by atoms with Gasteiger partial charge in [0.15, 0.2) is 0 Å². The zero-order valence-corrected chi connectivity index (χ0v) is 15.9. The van der Waals surface area contributed by atoms with E-state index in [1.54, 1.807) is 4.90 Å². The van der Waals surface area contributed by atoms with Gasteiger partial charge in [0.05, 0.1) is 13.1 Å². The van der Waals surface area contributed by atoms with Gasteiger partial charge in [-0.2, -0.15) is 0 Å². The molecule has 1 N–H and O–H groups in total. The van der Waals surface area contributed by atoms with E-state index in [1.807, 2.05) is 74.5 Å². The van der Waals surface area contributed by atoms with Crippen molar-refractivity contribution in [3.05, 3.63) is 71.8 Å². The molecule has 0 radical (unpaired) electrons. The Morgan fingerprint density at radius 3 is 1.96 bits per heavy atom. The molecule has 26 heavy (non-hydrogen) atoms. The van der Waals surface area contributed by atoms with Gasteiger partial charge < -0.3 is 9.64 Å². The highest BCUT2D eigenvalue weighted by Crippen LogP contribution is 2.33. The molecule has 3 nitrogen and oxygen atoms in total. The van der Waals surface area contributed by atoms with Gasteiger partial charge in [0, 0.05) is 0 Å². The number of quaternary nitrogens is 1. The van der Waals surface area contributed by atoms with Crippen LogP contribution in [-0.4, -0.2) is 31.7 Å². The third kappa shape index (κ3) is 4.16. The lowest BCUT2D eigenvalue weighted by atomic mass is 9.76. The van der Waals surface area contributed by atoms with Gasteiger partial charge in [-0.25, -0.2) is 0 Å². The van der Waals surface area contributed by atoms with E-state index in [1.165, 1.54) is 32.4 Å².